The van der Waals surface area contributed by atoms with Crippen molar-refractivity contribution in [3.8, 4) is 11.3 Å². The first-order valence-corrected chi connectivity index (χ1v) is 6.36. The van der Waals surface area contributed by atoms with E-state index in [4.69, 9.17) is 11.6 Å². The van der Waals surface area contributed by atoms with Crippen LogP contribution in [0.2, 0.25) is 5.02 Å². The Morgan fingerprint density at radius 2 is 2.22 bits per heavy atom. The number of rotatable bonds is 2. The summed E-state index contributed by atoms with van der Waals surface area (Å²) in [4.78, 5) is 0. The van der Waals surface area contributed by atoms with E-state index in [-0.39, 0.29) is 5.82 Å². The van der Waals surface area contributed by atoms with E-state index in [1.807, 2.05) is 6.07 Å². The Balaban J connectivity index is 1.94. The predicted molar refractivity (Wildman–Crippen MR) is 69.0 cm³/mol. The fourth-order valence-corrected chi connectivity index (χ4v) is 2.47. The summed E-state index contributed by atoms with van der Waals surface area (Å²) in [5, 5.41) is 11.0. The van der Waals surface area contributed by atoms with Gasteiger partial charge in [0.1, 0.15) is 5.82 Å². The highest BCUT2D eigenvalue weighted by atomic mass is 35.5. The molecule has 2 aromatic rings. The number of aromatic nitrogens is 2. The number of hydrogen-bond donors (Lipinski definition) is 2. The molecule has 2 N–H and O–H groups in total. The summed E-state index contributed by atoms with van der Waals surface area (Å²) in [5.74, 6) is -0.308. The SMILES string of the molecule is Fc1ccc(Cl)cc1-c1cc(C2CCCN2)[nH]n1. The first-order chi connectivity index (χ1) is 8.74. The van der Waals surface area contributed by atoms with E-state index in [1.165, 1.54) is 12.1 Å². The molecule has 3 rings (SSSR count). The highest BCUT2D eigenvalue weighted by Crippen LogP contribution is 2.28. The van der Waals surface area contributed by atoms with E-state index < -0.39 is 0 Å². The number of nitrogens with one attached hydrogen (secondary N) is 2. The van der Waals surface area contributed by atoms with Crippen LogP contribution in [-0.4, -0.2) is 16.7 Å². The highest BCUT2D eigenvalue weighted by molar-refractivity contribution is 6.30. The van der Waals surface area contributed by atoms with Gasteiger partial charge >= 0.3 is 0 Å². The maximum Gasteiger partial charge on any atom is 0.132 e. The minimum absolute atomic E-state index is 0.300. The largest absolute Gasteiger partial charge is 0.309 e. The fourth-order valence-electron chi connectivity index (χ4n) is 2.30. The molecule has 1 unspecified atom stereocenters. The first-order valence-electron chi connectivity index (χ1n) is 5.98. The second-order valence-electron chi connectivity index (χ2n) is 4.48. The standard InChI is InChI=1S/C13H13ClFN3/c14-8-3-4-10(15)9(6-8)12-7-13(18-17-12)11-2-1-5-16-11/h3-4,6-7,11,16H,1-2,5H2,(H,17,18). The second-order valence-corrected chi connectivity index (χ2v) is 4.92. The molecule has 0 aliphatic carbocycles. The molecule has 1 saturated heterocycles. The van der Waals surface area contributed by atoms with Gasteiger partial charge in [0.2, 0.25) is 0 Å². The first kappa shape index (κ1) is 11.7. The molecule has 0 saturated carbocycles. The third-order valence-electron chi connectivity index (χ3n) is 3.24. The Kier molecular flexibility index (Phi) is 3.06. The zero-order chi connectivity index (χ0) is 12.5. The lowest BCUT2D eigenvalue weighted by atomic mass is 10.1. The number of aromatic amines is 1. The van der Waals surface area contributed by atoms with Crippen LogP contribution < -0.4 is 5.32 Å². The topological polar surface area (TPSA) is 40.7 Å². The molecule has 0 radical (unpaired) electrons. The lowest BCUT2D eigenvalue weighted by Gasteiger charge is -2.05. The van der Waals surface area contributed by atoms with Crippen LogP contribution in [0.5, 0.6) is 0 Å². The summed E-state index contributed by atoms with van der Waals surface area (Å²) in [7, 11) is 0. The number of hydrogen-bond acceptors (Lipinski definition) is 2. The highest BCUT2D eigenvalue weighted by Gasteiger charge is 2.19. The lowest BCUT2D eigenvalue weighted by molar-refractivity contribution is 0.625. The molecule has 1 atom stereocenters. The Morgan fingerprint density at radius 3 is 3.00 bits per heavy atom. The molecular formula is C13H13ClFN3. The minimum Gasteiger partial charge on any atom is -0.309 e. The molecule has 3 nitrogen and oxygen atoms in total. The zero-order valence-electron chi connectivity index (χ0n) is 9.71. The molecule has 1 aromatic heterocycles. The van der Waals surface area contributed by atoms with E-state index >= 15 is 0 Å². The maximum atomic E-state index is 13.7. The number of halogens is 2. The molecule has 1 aliphatic heterocycles. The average molecular weight is 266 g/mol. The van der Waals surface area contributed by atoms with Gasteiger partial charge < -0.3 is 5.32 Å². The number of H-pyrrole nitrogens is 1. The fraction of sp³-hybridized carbons (Fsp3) is 0.308. The predicted octanol–water partition coefficient (Wildman–Crippen LogP) is 3.29. The van der Waals surface area contributed by atoms with Crippen molar-refractivity contribution in [3.05, 3.63) is 40.8 Å². The van der Waals surface area contributed by atoms with Gasteiger partial charge in [-0.05, 0) is 43.7 Å². The van der Waals surface area contributed by atoms with Gasteiger partial charge in [0.05, 0.1) is 11.4 Å². The molecule has 1 aliphatic rings. The second kappa shape index (κ2) is 4.71. The monoisotopic (exact) mass is 265 g/mol. The summed E-state index contributed by atoms with van der Waals surface area (Å²) in [6, 6.07) is 6.68. The van der Waals surface area contributed by atoms with Crippen LogP contribution in [0.3, 0.4) is 0 Å². The van der Waals surface area contributed by atoms with Gasteiger partial charge in [0, 0.05) is 16.6 Å². The zero-order valence-corrected chi connectivity index (χ0v) is 10.5. The Bertz CT molecular complexity index is 561. The van der Waals surface area contributed by atoms with E-state index in [1.54, 1.807) is 6.07 Å². The molecule has 0 spiro atoms. The molecule has 1 aromatic carbocycles. The van der Waals surface area contributed by atoms with Crippen LogP contribution in [0.1, 0.15) is 24.6 Å². The van der Waals surface area contributed by atoms with Crippen molar-refractivity contribution in [2.45, 2.75) is 18.9 Å². The van der Waals surface area contributed by atoms with Crippen molar-refractivity contribution < 1.29 is 4.39 Å². The van der Waals surface area contributed by atoms with Gasteiger partial charge in [-0.25, -0.2) is 4.39 Å². The van der Waals surface area contributed by atoms with E-state index in [2.05, 4.69) is 15.5 Å². The van der Waals surface area contributed by atoms with Crippen LogP contribution in [-0.2, 0) is 0 Å². The molecule has 0 bridgehead atoms. The summed E-state index contributed by atoms with van der Waals surface area (Å²) in [6.45, 7) is 1.02. The molecule has 18 heavy (non-hydrogen) atoms. The molecule has 1 fully saturated rings. The quantitative estimate of drug-likeness (QED) is 0.875. The van der Waals surface area contributed by atoms with E-state index in [9.17, 15) is 4.39 Å². The molecule has 94 valence electrons. The lowest BCUT2D eigenvalue weighted by Crippen LogP contribution is -2.12. The molecule has 5 heteroatoms. The van der Waals surface area contributed by atoms with Gasteiger partial charge in [-0.15, -0.1) is 0 Å². The summed E-state index contributed by atoms with van der Waals surface area (Å²) >= 11 is 5.88. The van der Waals surface area contributed by atoms with Gasteiger partial charge in [-0.3, -0.25) is 5.10 Å². The average Bonchev–Trinajstić information content (AvgIpc) is 3.00. The number of benzene rings is 1. The number of nitrogens with zero attached hydrogens (tertiary/aromatic N) is 1. The third kappa shape index (κ3) is 2.13. The maximum absolute atomic E-state index is 13.7. The van der Waals surface area contributed by atoms with Crippen molar-refractivity contribution >= 4 is 11.6 Å². The smallest absolute Gasteiger partial charge is 0.132 e. The van der Waals surface area contributed by atoms with E-state index in [0.717, 1.165) is 25.1 Å². The molecule has 2 heterocycles. The van der Waals surface area contributed by atoms with Gasteiger partial charge in [-0.1, -0.05) is 11.6 Å². The van der Waals surface area contributed by atoms with Gasteiger partial charge in [0.15, 0.2) is 0 Å². The Labute approximate surface area is 109 Å². The van der Waals surface area contributed by atoms with Crippen LogP contribution in [0.15, 0.2) is 24.3 Å². The Morgan fingerprint density at radius 1 is 1.33 bits per heavy atom. The van der Waals surface area contributed by atoms with Crippen LogP contribution in [0.25, 0.3) is 11.3 Å². The van der Waals surface area contributed by atoms with Crippen molar-refractivity contribution in [2.24, 2.45) is 0 Å². The van der Waals surface area contributed by atoms with Crippen molar-refractivity contribution in [3.63, 3.8) is 0 Å². The van der Waals surface area contributed by atoms with Crippen molar-refractivity contribution in [1.29, 1.82) is 0 Å². The van der Waals surface area contributed by atoms with Crippen LogP contribution in [0.4, 0.5) is 4.39 Å². The minimum atomic E-state index is -0.308. The molecular weight excluding hydrogens is 253 g/mol. The van der Waals surface area contributed by atoms with E-state index in [0.29, 0.717) is 22.3 Å². The van der Waals surface area contributed by atoms with Crippen molar-refractivity contribution in [1.82, 2.24) is 15.5 Å². The summed E-state index contributed by atoms with van der Waals surface area (Å²) in [5.41, 5.74) is 2.03. The van der Waals surface area contributed by atoms with Gasteiger partial charge in [0.25, 0.3) is 0 Å². The van der Waals surface area contributed by atoms with Crippen LogP contribution in [0, 0.1) is 5.82 Å². The molecule has 0 amide bonds. The summed E-state index contributed by atoms with van der Waals surface area (Å²) < 4.78 is 13.7. The van der Waals surface area contributed by atoms with Gasteiger partial charge in [-0.2, -0.15) is 5.10 Å². The summed E-state index contributed by atoms with van der Waals surface area (Å²) in [6.07, 6.45) is 2.24. The Hall–Kier alpha value is -1.39. The van der Waals surface area contributed by atoms with Crippen molar-refractivity contribution in [2.75, 3.05) is 6.54 Å². The third-order valence-corrected chi connectivity index (χ3v) is 3.47. The van der Waals surface area contributed by atoms with Crippen LogP contribution >= 0.6 is 11.6 Å². The normalized spacial score (nSPS) is 19.3.